The van der Waals surface area contributed by atoms with E-state index in [9.17, 15) is 14.4 Å². The second kappa shape index (κ2) is 11.8. The summed E-state index contributed by atoms with van der Waals surface area (Å²) >= 11 is 0. The quantitative estimate of drug-likeness (QED) is 0.316. The van der Waals surface area contributed by atoms with Crippen LogP contribution >= 0.6 is 0 Å². The fourth-order valence-electron chi connectivity index (χ4n) is 3.00. The molecule has 0 saturated carbocycles. The molecule has 2 aromatic rings. The Labute approximate surface area is 189 Å². The summed E-state index contributed by atoms with van der Waals surface area (Å²) in [6.07, 6.45) is -0.500. The molecule has 0 atom stereocenters. The van der Waals surface area contributed by atoms with E-state index in [2.05, 4.69) is 0 Å². The minimum Gasteiger partial charge on any atom is -0.463 e. The van der Waals surface area contributed by atoms with Crippen molar-refractivity contribution in [2.45, 2.75) is 52.7 Å². The van der Waals surface area contributed by atoms with Crippen molar-refractivity contribution >= 4 is 23.5 Å². The van der Waals surface area contributed by atoms with Gasteiger partial charge in [0, 0.05) is 0 Å². The zero-order valence-electron chi connectivity index (χ0n) is 19.1. The summed E-state index contributed by atoms with van der Waals surface area (Å²) < 4.78 is 16.0. The number of carbonyl (C=O) groups excluding carboxylic acids is 3. The molecule has 6 heteroatoms. The number of hydrogen-bond acceptors (Lipinski definition) is 6. The summed E-state index contributed by atoms with van der Waals surface area (Å²) in [6.45, 7) is 7.17. The van der Waals surface area contributed by atoms with Crippen LogP contribution in [0.4, 0.5) is 0 Å². The summed E-state index contributed by atoms with van der Waals surface area (Å²) in [7, 11) is 0. The van der Waals surface area contributed by atoms with Gasteiger partial charge in [0.05, 0.1) is 25.0 Å². The number of esters is 3. The lowest BCUT2D eigenvalue weighted by Crippen LogP contribution is -2.25. The van der Waals surface area contributed by atoms with Crippen molar-refractivity contribution in [2.75, 3.05) is 6.61 Å². The third kappa shape index (κ3) is 8.38. The summed E-state index contributed by atoms with van der Waals surface area (Å²) in [4.78, 5) is 38.0. The first kappa shape index (κ1) is 24.9. The van der Waals surface area contributed by atoms with Crippen LogP contribution in [0.1, 0.15) is 51.7 Å². The average Bonchev–Trinajstić information content (AvgIpc) is 2.75. The minimum absolute atomic E-state index is 0.0870. The molecule has 0 aliphatic carbocycles. The first-order valence-corrected chi connectivity index (χ1v) is 10.6. The van der Waals surface area contributed by atoms with Gasteiger partial charge in [-0.1, -0.05) is 60.7 Å². The number of carbonyl (C=O) groups is 3. The normalized spacial score (nSPS) is 11.9. The number of rotatable bonds is 9. The standard InChI is InChI=1S/C26H30O6/c1-5-30-25(29)22(17-24(28)32-26(2,3)4)21(20-14-10-7-11-15-20)16-23(27)31-18-19-12-8-6-9-13-19/h6-15H,5,16-18H2,1-4H3/b22-21+. The highest BCUT2D eigenvalue weighted by atomic mass is 16.6. The smallest absolute Gasteiger partial charge is 0.334 e. The third-order valence-corrected chi connectivity index (χ3v) is 4.31. The van der Waals surface area contributed by atoms with Crippen LogP contribution in [0.25, 0.3) is 5.57 Å². The molecule has 0 aromatic heterocycles. The molecule has 0 aliphatic rings. The molecule has 0 fully saturated rings. The maximum atomic E-state index is 12.8. The first-order valence-electron chi connectivity index (χ1n) is 10.6. The highest BCUT2D eigenvalue weighted by Gasteiger charge is 2.26. The van der Waals surface area contributed by atoms with Gasteiger partial charge in [-0.15, -0.1) is 0 Å². The fourth-order valence-corrected chi connectivity index (χ4v) is 3.00. The predicted octanol–water partition coefficient (Wildman–Crippen LogP) is 4.87. The molecule has 170 valence electrons. The molecule has 0 saturated heterocycles. The van der Waals surface area contributed by atoms with E-state index in [1.165, 1.54) is 0 Å². The maximum absolute atomic E-state index is 12.8. The Morgan fingerprint density at radius 3 is 1.94 bits per heavy atom. The largest absolute Gasteiger partial charge is 0.463 e. The second-order valence-corrected chi connectivity index (χ2v) is 8.13. The number of hydrogen-bond donors (Lipinski definition) is 0. The van der Waals surface area contributed by atoms with Crippen molar-refractivity contribution in [1.82, 2.24) is 0 Å². The van der Waals surface area contributed by atoms with Crippen molar-refractivity contribution in [3.05, 3.63) is 77.4 Å². The van der Waals surface area contributed by atoms with Crippen LogP contribution in [-0.2, 0) is 35.2 Å². The zero-order chi connectivity index (χ0) is 23.6. The fraction of sp³-hybridized carbons (Fsp3) is 0.346. The minimum atomic E-state index is -0.710. The van der Waals surface area contributed by atoms with E-state index in [4.69, 9.17) is 14.2 Å². The molecule has 0 amide bonds. The molecule has 32 heavy (non-hydrogen) atoms. The second-order valence-electron chi connectivity index (χ2n) is 8.13. The molecule has 0 N–H and O–H groups in total. The molecule has 6 nitrogen and oxygen atoms in total. The molecular formula is C26H30O6. The Morgan fingerprint density at radius 2 is 1.38 bits per heavy atom. The Kier molecular flexibility index (Phi) is 9.20. The van der Waals surface area contributed by atoms with Gasteiger partial charge < -0.3 is 14.2 Å². The van der Waals surface area contributed by atoms with E-state index in [0.717, 1.165) is 5.56 Å². The summed E-state index contributed by atoms with van der Waals surface area (Å²) in [5.41, 5.74) is 1.25. The highest BCUT2D eigenvalue weighted by molar-refractivity contribution is 6.04. The van der Waals surface area contributed by atoms with E-state index in [1.807, 2.05) is 36.4 Å². The molecule has 2 rings (SSSR count). The van der Waals surface area contributed by atoms with Gasteiger partial charge in [-0.25, -0.2) is 4.79 Å². The van der Waals surface area contributed by atoms with Gasteiger partial charge in [-0.2, -0.15) is 0 Å². The van der Waals surface area contributed by atoms with Gasteiger partial charge in [-0.3, -0.25) is 9.59 Å². The van der Waals surface area contributed by atoms with E-state index in [-0.39, 0.29) is 31.6 Å². The van der Waals surface area contributed by atoms with Gasteiger partial charge >= 0.3 is 17.9 Å². The van der Waals surface area contributed by atoms with Crippen molar-refractivity contribution in [3.8, 4) is 0 Å². The van der Waals surface area contributed by atoms with Gasteiger partial charge in [0.15, 0.2) is 0 Å². The van der Waals surface area contributed by atoms with Crippen LogP contribution in [0.5, 0.6) is 0 Å². The molecule has 0 heterocycles. The van der Waals surface area contributed by atoms with E-state index < -0.39 is 23.5 Å². The van der Waals surface area contributed by atoms with E-state index in [0.29, 0.717) is 11.1 Å². The van der Waals surface area contributed by atoms with Crippen LogP contribution in [-0.4, -0.2) is 30.1 Å². The monoisotopic (exact) mass is 438 g/mol. The molecular weight excluding hydrogens is 408 g/mol. The van der Waals surface area contributed by atoms with Crippen molar-refractivity contribution in [3.63, 3.8) is 0 Å². The van der Waals surface area contributed by atoms with Crippen LogP contribution < -0.4 is 0 Å². The van der Waals surface area contributed by atoms with E-state index in [1.54, 1.807) is 52.0 Å². The number of benzene rings is 2. The van der Waals surface area contributed by atoms with Crippen molar-refractivity contribution < 1.29 is 28.6 Å². The molecule has 0 bridgehead atoms. The molecule has 0 spiro atoms. The average molecular weight is 439 g/mol. The maximum Gasteiger partial charge on any atom is 0.334 e. The molecule has 2 aromatic carbocycles. The van der Waals surface area contributed by atoms with Crippen molar-refractivity contribution in [2.24, 2.45) is 0 Å². The lowest BCUT2D eigenvalue weighted by molar-refractivity contribution is -0.155. The summed E-state index contributed by atoms with van der Waals surface area (Å²) in [5, 5.41) is 0. The predicted molar refractivity (Wildman–Crippen MR) is 121 cm³/mol. The van der Waals surface area contributed by atoms with Crippen LogP contribution in [0.15, 0.2) is 66.2 Å². The highest BCUT2D eigenvalue weighted by Crippen LogP contribution is 2.27. The van der Waals surface area contributed by atoms with Crippen molar-refractivity contribution in [1.29, 1.82) is 0 Å². The topological polar surface area (TPSA) is 78.9 Å². The zero-order valence-corrected chi connectivity index (χ0v) is 19.1. The van der Waals surface area contributed by atoms with Gasteiger partial charge in [0.2, 0.25) is 0 Å². The number of ether oxygens (including phenoxy) is 3. The Bertz CT molecular complexity index is 939. The van der Waals surface area contributed by atoms with Crippen LogP contribution in [0.3, 0.4) is 0 Å². The van der Waals surface area contributed by atoms with E-state index >= 15 is 0 Å². The van der Waals surface area contributed by atoms with Crippen LogP contribution in [0, 0.1) is 0 Å². The summed E-state index contributed by atoms with van der Waals surface area (Å²) in [5.74, 6) is -1.75. The Balaban J connectivity index is 2.36. The Hall–Kier alpha value is -3.41. The van der Waals surface area contributed by atoms with Gasteiger partial charge in [0.25, 0.3) is 0 Å². The summed E-state index contributed by atoms with van der Waals surface area (Å²) in [6, 6.07) is 18.3. The Morgan fingerprint density at radius 1 is 0.781 bits per heavy atom. The first-order chi connectivity index (χ1) is 15.2. The lowest BCUT2D eigenvalue weighted by atomic mass is 9.95. The molecule has 0 unspecified atom stereocenters. The lowest BCUT2D eigenvalue weighted by Gasteiger charge is -2.21. The third-order valence-electron chi connectivity index (χ3n) is 4.31. The van der Waals surface area contributed by atoms with Crippen LogP contribution in [0.2, 0.25) is 0 Å². The molecule has 0 radical (unpaired) electrons. The molecule has 0 aliphatic heterocycles. The van der Waals surface area contributed by atoms with Gasteiger partial charge in [-0.05, 0) is 44.4 Å². The van der Waals surface area contributed by atoms with Gasteiger partial charge in [0.1, 0.15) is 12.2 Å². The SMILES string of the molecule is CCOC(=O)/C(CC(=O)OC(C)(C)C)=C(\CC(=O)OCc1ccccc1)c1ccccc1.